The van der Waals surface area contributed by atoms with Gasteiger partial charge in [0.15, 0.2) is 0 Å². The van der Waals surface area contributed by atoms with Crippen molar-refractivity contribution in [3.63, 3.8) is 0 Å². The Balaban J connectivity index is 1.64. The van der Waals surface area contributed by atoms with E-state index in [0.29, 0.717) is 5.56 Å². The van der Waals surface area contributed by atoms with Crippen LogP contribution in [0.5, 0.6) is 0 Å². The summed E-state index contributed by atoms with van der Waals surface area (Å²) < 4.78 is 2.07. The molecule has 1 amide bonds. The Morgan fingerprint density at radius 3 is 2.50 bits per heavy atom. The molecule has 3 aromatic carbocycles. The minimum atomic E-state index is -0.123. The van der Waals surface area contributed by atoms with E-state index in [0.717, 1.165) is 28.0 Å². The summed E-state index contributed by atoms with van der Waals surface area (Å²) in [5, 5.41) is 2.94. The number of imidazole rings is 1. The predicted octanol–water partition coefficient (Wildman–Crippen LogP) is 4.89. The highest BCUT2D eigenvalue weighted by Gasteiger charge is 2.10. The standard InChI is InChI=1S/C22H19N3O/c1-15-7-9-17(10-8-15)22(26)24-18-11-12-21-19(13-18)23-14-25(21)20-6-4-3-5-16(20)2/h3-14H,1-2H3,(H,24,26). The molecule has 0 fully saturated rings. The predicted molar refractivity (Wildman–Crippen MR) is 105 cm³/mol. The van der Waals surface area contributed by atoms with Gasteiger partial charge < -0.3 is 5.32 Å². The number of anilines is 1. The van der Waals surface area contributed by atoms with E-state index >= 15 is 0 Å². The number of nitrogens with one attached hydrogen (secondary N) is 1. The summed E-state index contributed by atoms with van der Waals surface area (Å²) in [6, 6.07) is 21.5. The van der Waals surface area contributed by atoms with Crippen LogP contribution in [-0.2, 0) is 0 Å². The molecule has 0 radical (unpaired) electrons. The second-order valence-electron chi connectivity index (χ2n) is 6.42. The quantitative estimate of drug-likeness (QED) is 0.576. The van der Waals surface area contributed by atoms with Crippen molar-refractivity contribution in [2.75, 3.05) is 5.32 Å². The van der Waals surface area contributed by atoms with Crippen LogP contribution < -0.4 is 5.32 Å². The summed E-state index contributed by atoms with van der Waals surface area (Å²) >= 11 is 0. The molecule has 1 heterocycles. The van der Waals surface area contributed by atoms with Gasteiger partial charge in [-0.05, 0) is 55.8 Å². The summed E-state index contributed by atoms with van der Waals surface area (Å²) in [4.78, 5) is 16.9. The van der Waals surface area contributed by atoms with Gasteiger partial charge in [-0.25, -0.2) is 4.98 Å². The average Bonchev–Trinajstić information content (AvgIpc) is 3.05. The minimum absolute atomic E-state index is 0.123. The zero-order valence-corrected chi connectivity index (χ0v) is 14.7. The van der Waals surface area contributed by atoms with Crippen molar-refractivity contribution in [2.45, 2.75) is 13.8 Å². The first-order valence-corrected chi connectivity index (χ1v) is 8.53. The molecule has 1 aromatic heterocycles. The lowest BCUT2D eigenvalue weighted by Gasteiger charge is -2.09. The number of carbonyl (C=O) groups is 1. The second kappa shape index (κ2) is 6.48. The van der Waals surface area contributed by atoms with E-state index in [1.165, 1.54) is 5.56 Å². The van der Waals surface area contributed by atoms with E-state index < -0.39 is 0 Å². The van der Waals surface area contributed by atoms with Gasteiger partial charge in [-0.15, -0.1) is 0 Å². The number of amides is 1. The summed E-state index contributed by atoms with van der Waals surface area (Å²) in [7, 11) is 0. The molecule has 128 valence electrons. The summed E-state index contributed by atoms with van der Waals surface area (Å²) in [5.74, 6) is -0.123. The first-order chi connectivity index (χ1) is 12.6. The third kappa shape index (κ3) is 2.97. The van der Waals surface area contributed by atoms with Crippen LogP contribution in [0.2, 0.25) is 0 Å². The van der Waals surface area contributed by atoms with Crippen molar-refractivity contribution in [1.82, 2.24) is 9.55 Å². The van der Waals surface area contributed by atoms with Crippen LogP contribution in [0.1, 0.15) is 21.5 Å². The molecule has 0 spiro atoms. The summed E-state index contributed by atoms with van der Waals surface area (Å²) in [6.07, 6.45) is 1.82. The third-order valence-electron chi connectivity index (χ3n) is 4.49. The molecule has 0 aliphatic rings. The zero-order valence-electron chi connectivity index (χ0n) is 14.7. The third-order valence-corrected chi connectivity index (χ3v) is 4.49. The number of carbonyl (C=O) groups excluding carboxylic acids is 1. The number of fused-ring (bicyclic) bond motifs is 1. The zero-order chi connectivity index (χ0) is 18.1. The lowest BCUT2D eigenvalue weighted by molar-refractivity contribution is 0.102. The maximum atomic E-state index is 12.4. The Bertz CT molecular complexity index is 1090. The van der Waals surface area contributed by atoms with Crippen LogP contribution in [-0.4, -0.2) is 15.5 Å². The molecule has 4 aromatic rings. The van der Waals surface area contributed by atoms with Gasteiger partial charge in [0.2, 0.25) is 0 Å². The van der Waals surface area contributed by atoms with Gasteiger partial charge >= 0.3 is 0 Å². The highest BCUT2D eigenvalue weighted by Crippen LogP contribution is 2.23. The van der Waals surface area contributed by atoms with Gasteiger partial charge in [0, 0.05) is 11.3 Å². The van der Waals surface area contributed by atoms with Crippen molar-refractivity contribution in [2.24, 2.45) is 0 Å². The molecule has 0 bridgehead atoms. The molecule has 26 heavy (non-hydrogen) atoms. The first-order valence-electron chi connectivity index (χ1n) is 8.53. The number of aromatic nitrogens is 2. The SMILES string of the molecule is Cc1ccc(C(=O)Nc2ccc3c(c2)ncn3-c2ccccc2C)cc1. The smallest absolute Gasteiger partial charge is 0.255 e. The molecule has 0 unspecified atom stereocenters. The summed E-state index contributed by atoms with van der Waals surface area (Å²) in [6.45, 7) is 4.08. The molecule has 0 aliphatic carbocycles. The van der Waals surface area contributed by atoms with Crippen LogP contribution in [0.4, 0.5) is 5.69 Å². The number of aryl methyl sites for hydroxylation is 2. The molecular weight excluding hydrogens is 322 g/mol. The second-order valence-corrected chi connectivity index (χ2v) is 6.42. The molecule has 4 rings (SSSR count). The average molecular weight is 341 g/mol. The van der Waals surface area contributed by atoms with E-state index in [2.05, 4.69) is 33.9 Å². The molecule has 0 saturated carbocycles. The van der Waals surface area contributed by atoms with Crippen molar-refractivity contribution >= 4 is 22.6 Å². The topological polar surface area (TPSA) is 46.9 Å². The molecule has 4 nitrogen and oxygen atoms in total. The Hall–Kier alpha value is -3.40. The maximum Gasteiger partial charge on any atom is 0.255 e. The normalized spacial score (nSPS) is 10.8. The monoisotopic (exact) mass is 341 g/mol. The summed E-state index contributed by atoms with van der Waals surface area (Å²) in [5.41, 5.74) is 6.64. The van der Waals surface area contributed by atoms with Gasteiger partial charge in [0.25, 0.3) is 5.91 Å². The van der Waals surface area contributed by atoms with Crippen LogP contribution >= 0.6 is 0 Å². The van der Waals surface area contributed by atoms with Crippen LogP contribution in [0.25, 0.3) is 16.7 Å². The van der Waals surface area contributed by atoms with Gasteiger partial charge in [-0.3, -0.25) is 9.36 Å². The number of benzene rings is 3. The Kier molecular flexibility index (Phi) is 4.01. The van der Waals surface area contributed by atoms with Gasteiger partial charge in [0.05, 0.1) is 16.7 Å². The molecule has 0 atom stereocenters. The van der Waals surface area contributed by atoms with Crippen molar-refractivity contribution in [3.8, 4) is 5.69 Å². The lowest BCUT2D eigenvalue weighted by Crippen LogP contribution is -2.11. The Morgan fingerprint density at radius 1 is 0.962 bits per heavy atom. The Labute approximate surface area is 152 Å². The number of para-hydroxylation sites is 1. The van der Waals surface area contributed by atoms with Crippen molar-refractivity contribution in [1.29, 1.82) is 0 Å². The molecular formula is C22H19N3O. The van der Waals surface area contributed by atoms with Crippen LogP contribution in [0, 0.1) is 13.8 Å². The number of hydrogen-bond donors (Lipinski definition) is 1. The number of nitrogens with zero attached hydrogens (tertiary/aromatic N) is 2. The first kappa shape index (κ1) is 16.1. The van der Waals surface area contributed by atoms with Crippen LogP contribution in [0.15, 0.2) is 73.1 Å². The van der Waals surface area contributed by atoms with Gasteiger partial charge in [0.1, 0.15) is 6.33 Å². The highest BCUT2D eigenvalue weighted by atomic mass is 16.1. The fraction of sp³-hybridized carbons (Fsp3) is 0.0909. The maximum absolute atomic E-state index is 12.4. The van der Waals surface area contributed by atoms with E-state index in [1.807, 2.05) is 67.8 Å². The fourth-order valence-corrected chi connectivity index (χ4v) is 3.02. The van der Waals surface area contributed by atoms with E-state index in [9.17, 15) is 4.79 Å². The molecule has 0 saturated heterocycles. The van der Waals surface area contributed by atoms with Crippen molar-refractivity contribution < 1.29 is 4.79 Å². The minimum Gasteiger partial charge on any atom is -0.322 e. The van der Waals surface area contributed by atoms with Crippen LogP contribution in [0.3, 0.4) is 0 Å². The van der Waals surface area contributed by atoms with Gasteiger partial charge in [-0.1, -0.05) is 35.9 Å². The largest absolute Gasteiger partial charge is 0.322 e. The van der Waals surface area contributed by atoms with Gasteiger partial charge in [-0.2, -0.15) is 0 Å². The molecule has 0 aliphatic heterocycles. The Morgan fingerprint density at radius 2 is 1.73 bits per heavy atom. The van der Waals surface area contributed by atoms with E-state index in [-0.39, 0.29) is 5.91 Å². The fourth-order valence-electron chi connectivity index (χ4n) is 3.02. The molecule has 4 heteroatoms. The molecule has 1 N–H and O–H groups in total. The number of rotatable bonds is 3. The van der Waals surface area contributed by atoms with Crippen molar-refractivity contribution in [3.05, 3.63) is 89.7 Å². The lowest BCUT2D eigenvalue weighted by atomic mass is 10.1. The number of hydrogen-bond acceptors (Lipinski definition) is 2. The van der Waals surface area contributed by atoms with E-state index in [4.69, 9.17) is 0 Å². The highest BCUT2D eigenvalue weighted by molar-refractivity contribution is 6.05. The van der Waals surface area contributed by atoms with E-state index in [1.54, 1.807) is 0 Å².